The van der Waals surface area contributed by atoms with Crippen LogP contribution in [0.4, 0.5) is 0 Å². The second-order valence-electron chi connectivity index (χ2n) is 12.2. The molecule has 0 radical (unpaired) electrons. The van der Waals surface area contributed by atoms with Gasteiger partial charge in [-0.2, -0.15) is 0 Å². The summed E-state index contributed by atoms with van der Waals surface area (Å²) < 4.78 is 0. The molecule has 5 fully saturated rings. The topological polar surface area (TPSA) is 77.8 Å². The maximum absolute atomic E-state index is 11.4. The van der Waals surface area contributed by atoms with E-state index in [4.69, 9.17) is 0 Å². The fourth-order valence-electron chi connectivity index (χ4n) is 9.48. The van der Waals surface area contributed by atoms with E-state index in [9.17, 15) is 20.1 Å². The van der Waals surface area contributed by atoms with Gasteiger partial charge in [-0.25, -0.2) is 0 Å². The van der Waals surface area contributed by atoms with Crippen LogP contribution in [-0.4, -0.2) is 33.5 Å². The van der Waals surface area contributed by atoms with E-state index >= 15 is 0 Å². The van der Waals surface area contributed by atoms with Gasteiger partial charge < -0.3 is 15.3 Å². The Morgan fingerprint density at radius 1 is 0.931 bits per heavy atom. The predicted molar refractivity (Wildman–Crippen MR) is 111 cm³/mol. The lowest BCUT2D eigenvalue weighted by molar-refractivity contribution is -0.174. The van der Waals surface area contributed by atoms with Gasteiger partial charge in [0, 0.05) is 0 Å². The fraction of sp³-hybridized carbons (Fsp3) is 0.960. The van der Waals surface area contributed by atoms with Crippen molar-refractivity contribution in [2.24, 2.45) is 58.2 Å². The first-order valence-corrected chi connectivity index (χ1v) is 12.3. The highest BCUT2D eigenvalue weighted by atomic mass is 16.4. The van der Waals surface area contributed by atoms with Crippen molar-refractivity contribution in [1.82, 2.24) is 0 Å². The summed E-state index contributed by atoms with van der Waals surface area (Å²) in [5, 5.41) is 30.9. The van der Waals surface area contributed by atoms with Crippen LogP contribution >= 0.6 is 0 Å². The zero-order valence-corrected chi connectivity index (χ0v) is 18.4. The lowest BCUT2D eigenvalue weighted by Gasteiger charge is -2.62. The minimum absolute atomic E-state index is 0.113. The second kappa shape index (κ2) is 6.69. The van der Waals surface area contributed by atoms with E-state index in [1.165, 1.54) is 25.7 Å². The van der Waals surface area contributed by atoms with Crippen LogP contribution in [-0.2, 0) is 4.79 Å². The molecule has 5 aliphatic carbocycles. The first-order chi connectivity index (χ1) is 13.7. The van der Waals surface area contributed by atoms with Crippen LogP contribution in [0.15, 0.2) is 0 Å². The first kappa shape index (κ1) is 20.3. The van der Waals surface area contributed by atoms with Crippen LogP contribution in [0.3, 0.4) is 0 Å². The monoisotopic (exact) mass is 404 g/mol. The summed E-state index contributed by atoms with van der Waals surface area (Å²) in [6.07, 6.45) is 9.08. The van der Waals surface area contributed by atoms with E-state index in [2.05, 4.69) is 20.8 Å². The number of carboxylic acids is 1. The highest BCUT2D eigenvalue weighted by molar-refractivity contribution is 5.73. The molecule has 5 aliphatic rings. The number of aliphatic carboxylic acids is 1. The fourth-order valence-corrected chi connectivity index (χ4v) is 9.48. The molecule has 0 aromatic carbocycles. The van der Waals surface area contributed by atoms with Crippen LogP contribution in [0.5, 0.6) is 0 Å². The molecular formula is C25H40O4. The van der Waals surface area contributed by atoms with Crippen molar-refractivity contribution in [3.8, 4) is 0 Å². The molecule has 5 rings (SSSR count). The normalized spacial score (nSPS) is 57.3. The Morgan fingerprint density at radius 3 is 2.31 bits per heavy atom. The molecule has 4 heteroatoms. The molecule has 3 N–H and O–H groups in total. The number of fused-ring (bicyclic) bond motifs is 5. The van der Waals surface area contributed by atoms with Gasteiger partial charge >= 0.3 is 5.97 Å². The number of carboxylic acid groups (broad SMARTS) is 1. The van der Waals surface area contributed by atoms with Gasteiger partial charge in [0.25, 0.3) is 0 Å². The Bertz CT molecular complexity index is 678. The van der Waals surface area contributed by atoms with E-state index in [0.29, 0.717) is 41.4 Å². The van der Waals surface area contributed by atoms with Crippen LogP contribution in [0, 0.1) is 58.2 Å². The summed E-state index contributed by atoms with van der Waals surface area (Å²) in [6, 6.07) is 0. The first-order valence-electron chi connectivity index (χ1n) is 12.3. The Hall–Kier alpha value is -0.610. The van der Waals surface area contributed by atoms with Gasteiger partial charge in [-0.05, 0) is 110 Å². The smallest absolute Gasteiger partial charge is 0.306 e. The van der Waals surface area contributed by atoms with Crippen molar-refractivity contribution in [3.63, 3.8) is 0 Å². The summed E-state index contributed by atoms with van der Waals surface area (Å²) >= 11 is 0. The SMILES string of the molecule is C[C@H](C1C[C@@H]1C(=O)O)[C@H]1CCC2C3C(CC[C@@]21C)[C@@]1(C)CC[C@@H](O)C[C@H]1C[C@H]3O. The Labute approximate surface area is 175 Å². The van der Waals surface area contributed by atoms with Crippen molar-refractivity contribution in [3.05, 3.63) is 0 Å². The second-order valence-corrected chi connectivity index (χ2v) is 12.2. The Balaban J connectivity index is 1.39. The summed E-state index contributed by atoms with van der Waals surface area (Å²) in [5.74, 6) is 2.76. The number of hydrogen-bond acceptors (Lipinski definition) is 3. The Kier molecular flexibility index (Phi) is 4.68. The van der Waals surface area contributed by atoms with Gasteiger partial charge in [-0.1, -0.05) is 20.8 Å². The number of hydrogen-bond donors (Lipinski definition) is 3. The van der Waals surface area contributed by atoms with Gasteiger partial charge in [0.15, 0.2) is 0 Å². The van der Waals surface area contributed by atoms with Gasteiger partial charge in [0.05, 0.1) is 18.1 Å². The van der Waals surface area contributed by atoms with E-state index in [1.807, 2.05) is 0 Å². The minimum Gasteiger partial charge on any atom is -0.481 e. The molecular weight excluding hydrogens is 364 g/mol. The largest absolute Gasteiger partial charge is 0.481 e. The standard InChI is InChI=1S/C25H40O4/c1-13(16-12-17(16)23(28)29)18-4-5-19-22-20(7-9-25(18,19)3)24(2)8-6-15(26)10-14(24)11-21(22)27/h13-22,26-27H,4-12H2,1-3H3,(H,28,29)/t13-,14+,15-,16?,17+,18-,19?,20?,21-,22?,24+,25-/m1/s1. The summed E-state index contributed by atoms with van der Waals surface area (Å²) in [4.78, 5) is 11.4. The molecule has 0 aromatic heterocycles. The third-order valence-corrected chi connectivity index (χ3v) is 11.2. The van der Waals surface area contributed by atoms with Gasteiger partial charge in [0.1, 0.15) is 0 Å². The number of aliphatic hydroxyl groups is 2. The zero-order valence-electron chi connectivity index (χ0n) is 18.4. The van der Waals surface area contributed by atoms with E-state index in [0.717, 1.165) is 32.1 Å². The van der Waals surface area contributed by atoms with E-state index < -0.39 is 5.97 Å². The molecule has 164 valence electrons. The third-order valence-electron chi connectivity index (χ3n) is 11.2. The van der Waals surface area contributed by atoms with E-state index in [1.54, 1.807) is 0 Å². The number of rotatable bonds is 3. The van der Waals surface area contributed by atoms with Gasteiger partial charge in [-0.3, -0.25) is 4.79 Å². The highest BCUT2D eigenvalue weighted by Crippen LogP contribution is 2.69. The lowest BCUT2D eigenvalue weighted by Crippen LogP contribution is -2.58. The van der Waals surface area contributed by atoms with Crippen molar-refractivity contribution < 1.29 is 20.1 Å². The summed E-state index contributed by atoms with van der Waals surface area (Å²) in [5.41, 5.74) is 0.531. The molecule has 0 bridgehead atoms. The molecule has 0 amide bonds. The zero-order chi connectivity index (χ0) is 20.7. The average Bonchev–Trinajstić information content (AvgIpc) is 3.39. The molecule has 29 heavy (non-hydrogen) atoms. The van der Waals surface area contributed by atoms with Gasteiger partial charge in [0.2, 0.25) is 0 Å². The summed E-state index contributed by atoms with van der Waals surface area (Å²) in [7, 11) is 0. The number of aliphatic hydroxyl groups excluding tert-OH is 2. The van der Waals surface area contributed by atoms with Gasteiger partial charge in [-0.15, -0.1) is 0 Å². The minimum atomic E-state index is -0.605. The quantitative estimate of drug-likeness (QED) is 0.654. The molecule has 0 aliphatic heterocycles. The maximum atomic E-state index is 11.4. The molecule has 0 heterocycles. The van der Waals surface area contributed by atoms with Crippen LogP contribution in [0.25, 0.3) is 0 Å². The van der Waals surface area contributed by atoms with Crippen LogP contribution < -0.4 is 0 Å². The molecule has 0 spiro atoms. The Morgan fingerprint density at radius 2 is 1.62 bits per heavy atom. The van der Waals surface area contributed by atoms with Crippen LogP contribution in [0.1, 0.15) is 78.6 Å². The van der Waals surface area contributed by atoms with Crippen molar-refractivity contribution >= 4 is 5.97 Å². The molecule has 0 aromatic rings. The maximum Gasteiger partial charge on any atom is 0.306 e. The molecule has 0 saturated heterocycles. The van der Waals surface area contributed by atoms with Crippen molar-refractivity contribution in [2.45, 2.75) is 90.8 Å². The van der Waals surface area contributed by atoms with Crippen molar-refractivity contribution in [1.29, 1.82) is 0 Å². The number of carbonyl (C=O) groups is 1. The molecule has 12 atom stereocenters. The summed E-state index contributed by atoms with van der Waals surface area (Å²) in [6.45, 7) is 7.26. The highest BCUT2D eigenvalue weighted by Gasteiger charge is 2.64. The van der Waals surface area contributed by atoms with Crippen molar-refractivity contribution in [2.75, 3.05) is 0 Å². The third kappa shape index (κ3) is 2.87. The van der Waals surface area contributed by atoms with Crippen LogP contribution in [0.2, 0.25) is 0 Å². The molecule has 4 nitrogen and oxygen atoms in total. The molecule has 4 unspecified atom stereocenters. The predicted octanol–water partition coefficient (Wildman–Crippen LogP) is 4.33. The molecule has 5 saturated carbocycles. The van der Waals surface area contributed by atoms with E-state index in [-0.39, 0.29) is 29.0 Å². The lowest BCUT2D eigenvalue weighted by atomic mass is 9.43. The average molecular weight is 405 g/mol.